The van der Waals surface area contributed by atoms with Gasteiger partial charge in [0.15, 0.2) is 11.5 Å². The summed E-state index contributed by atoms with van der Waals surface area (Å²) in [5.74, 6) is 1.86. The third-order valence-electron chi connectivity index (χ3n) is 4.78. The first-order valence-corrected chi connectivity index (χ1v) is 9.85. The van der Waals surface area contributed by atoms with Crippen LogP contribution in [0.2, 0.25) is 0 Å². The van der Waals surface area contributed by atoms with Crippen LogP contribution in [0.1, 0.15) is 12.5 Å². The average Bonchev–Trinajstić information content (AvgIpc) is 3.02. The third kappa shape index (κ3) is 5.04. The summed E-state index contributed by atoms with van der Waals surface area (Å²) in [5.41, 5.74) is 3.08. The highest BCUT2D eigenvalue weighted by Gasteiger charge is 2.27. The summed E-state index contributed by atoms with van der Waals surface area (Å²) in [6.07, 6.45) is 1.91. The molecule has 0 fully saturated rings. The average molecular weight is 412 g/mol. The number of rotatable bonds is 9. The van der Waals surface area contributed by atoms with Gasteiger partial charge in [0.2, 0.25) is 0 Å². The van der Waals surface area contributed by atoms with Gasteiger partial charge in [-0.25, -0.2) is 0 Å². The Kier molecular flexibility index (Phi) is 6.84. The van der Waals surface area contributed by atoms with Crippen LogP contribution in [0.3, 0.4) is 0 Å². The van der Waals surface area contributed by atoms with Gasteiger partial charge in [-0.05, 0) is 57.4 Å². The number of fused-ring (bicyclic) bond motifs is 1. The van der Waals surface area contributed by atoms with Gasteiger partial charge in [0.05, 0.1) is 19.9 Å². The first kappa shape index (κ1) is 21.5. The number of nitrogens with one attached hydrogen (secondary N) is 2. The van der Waals surface area contributed by atoms with Crippen molar-refractivity contribution in [3.8, 4) is 17.2 Å². The van der Waals surface area contributed by atoms with Crippen LogP contribution in [0.15, 0.2) is 42.5 Å². The lowest BCUT2D eigenvalue weighted by atomic mass is 10.0. The van der Waals surface area contributed by atoms with E-state index in [1.165, 1.54) is 0 Å². The number of carbonyl (C=O) groups is 1. The molecule has 2 N–H and O–H groups in total. The molecular formula is C23H29N3O4. The largest absolute Gasteiger partial charge is 0.493 e. The monoisotopic (exact) mass is 411 g/mol. The fourth-order valence-electron chi connectivity index (χ4n) is 3.23. The molecule has 7 nitrogen and oxygen atoms in total. The first-order valence-electron chi connectivity index (χ1n) is 9.85. The van der Waals surface area contributed by atoms with Crippen molar-refractivity contribution in [3.05, 3.63) is 48.0 Å². The van der Waals surface area contributed by atoms with Crippen LogP contribution in [0.5, 0.6) is 17.2 Å². The molecule has 30 heavy (non-hydrogen) atoms. The van der Waals surface area contributed by atoms with Crippen molar-refractivity contribution in [3.63, 3.8) is 0 Å². The van der Waals surface area contributed by atoms with Gasteiger partial charge in [0, 0.05) is 35.5 Å². The zero-order valence-electron chi connectivity index (χ0n) is 18.1. The second-order valence-electron chi connectivity index (χ2n) is 7.40. The van der Waals surface area contributed by atoms with Crippen LogP contribution < -0.4 is 24.8 Å². The topological polar surface area (TPSA) is 72.1 Å². The van der Waals surface area contributed by atoms with Crippen LogP contribution in [-0.2, 0) is 4.79 Å². The van der Waals surface area contributed by atoms with Gasteiger partial charge in [0.1, 0.15) is 12.4 Å². The second kappa shape index (κ2) is 9.54. The maximum atomic E-state index is 12.5. The maximum absolute atomic E-state index is 12.5. The van der Waals surface area contributed by atoms with E-state index in [1.807, 2.05) is 57.4 Å². The van der Waals surface area contributed by atoms with Crippen molar-refractivity contribution < 1.29 is 19.0 Å². The number of likely N-dealkylation sites (N-methyl/N-ethyl adjacent to an activating group) is 1. The minimum Gasteiger partial charge on any atom is -0.493 e. The fraction of sp³-hybridized carbons (Fsp3) is 0.348. The van der Waals surface area contributed by atoms with E-state index < -0.39 is 0 Å². The van der Waals surface area contributed by atoms with E-state index in [0.29, 0.717) is 23.7 Å². The number of amides is 1. The highest BCUT2D eigenvalue weighted by atomic mass is 16.5. The van der Waals surface area contributed by atoms with Crippen LogP contribution in [0.4, 0.5) is 11.4 Å². The van der Waals surface area contributed by atoms with Gasteiger partial charge in [-0.15, -0.1) is 0 Å². The molecule has 0 aliphatic carbocycles. The van der Waals surface area contributed by atoms with Gasteiger partial charge in [-0.2, -0.15) is 0 Å². The first-order chi connectivity index (χ1) is 14.4. The Bertz CT molecular complexity index is 923. The maximum Gasteiger partial charge on any atom is 0.256 e. The number of nitrogens with zero attached hydrogens (tertiary/aromatic N) is 1. The molecule has 1 aliphatic heterocycles. The van der Waals surface area contributed by atoms with E-state index in [-0.39, 0.29) is 11.9 Å². The quantitative estimate of drug-likeness (QED) is 0.616. The van der Waals surface area contributed by atoms with E-state index in [0.717, 1.165) is 29.2 Å². The minimum atomic E-state index is -0.140. The molecule has 160 valence electrons. The summed E-state index contributed by atoms with van der Waals surface area (Å²) in [6.45, 7) is 3.51. The highest BCUT2D eigenvalue weighted by Crippen LogP contribution is 2.40. The number of hydrogen-bond donors (Lipinski definition) is 2. The summed E-state index contributed by atoms with van der Waals surface area (Å²) in [5, 5.41) is 6.28. The molecule has 0 radical (unpaired) electrons. The molecule has 2 aromatic rings. The Balaban J connectivity index is 1.70. The zero-order valence-corrected chi connectivity index (χ0v) is 18.1. The Labute approximate surface area is 177 Å². The molecule has 3 rings (SSSR count). The molecule has 0 saturated heterocycles. The Morgan fingerprint density at radius 1 is 1.10 bits per heavy atom. The highest BCUT2D eigenvalue weighted by molar-refractivity contribution is 6.31. The summed E-state index contributed by atoms with van der Waals surface area (Å²) in [7, 11) is 7.18. The summed E-state index contributed by atoms with van der Waals surface area (Å²) in [6, 6.07) is 11.3. The fourth-order valence-corrected chi connectivity index (χ4v) is 3.23. The van der Waals surface area contributed by atoms with Crippen molar-refractivity contribution in [2.24, 2.45) is 0 Å². The smallest absolute Gasteiger partial charge is 0.256 e. The molecule has 0 aromatic heterocycles. The lowest BCUT2D eigenvalue weighted by Gasteiger charge is -2.14. The van der Waals surface area contributed by atoms with Gasteiger partial charge in [0.25, 0.3) is 5.91 Å². The standard InChI is InChI=1S/C23H29N3O4/c1-15(24-16-6-8-17(9-7-16)30-11-10-26(2)3)12-19-18-13-21(28-4)22(29-5)14-20(18)25-23(19)27/h6-9,12-15,24H,10-11H2,1-5H3,(H,25,27). The van der Waals surface area contributed by atoms with Crippen molar-refractivity contribution in [2.45, 2.75) is 13.0 Å². The van der Waals surface area contributed by atoms with Gasteiger partial charge in [-0.3, -0.25) is 4.79 Å². The van der Waals surface area contributed by atoms with Crippen LogP contribution in [0.25, 0.3) is 5.57 Å². The van der Waals surface area contributed by atoms with Gasteiger partial charge >= 0.3 is 0 Å². The van der Waals surface area contributed by atoms with Gasteiger partial charge < -0.3 is 29.7 Å². The third-order valence-corrected chi connectivity index (χ3v) is 4.78. The van der Waals surface area contributed by atoms with E-state index >= 15 is 0 Å². The normalized spacial score (nSPS) is 15.0. The van der Waals surface area contributed by atoms with Crippen molar-refractivity contribution in [1.82, 2.24) is 4.90 Å². The van der Waals surface area contributed by atoms with Gasteiger partial charge in [-0.1, -0.05) is 0 Å². The number of ether oxygens (including phenoxy) is 3. The Morgan fingerprint density at radius 2 is 1.77 bits per heavy atom. The number of anilines is 2. The predicted octanol–water partition coefficient (Wildman–Crippen LogP) is 3.48. The van der Waals surface area contributed by atoms with Crippen LogP contribution >= 0.6 is 0 Å². The predicted molar refractivity (Wildman–Crippen MR) is 120 cm³/mol. The molecule has 0 saturated carbocycles. The van der Waals surface area contributed by atoms with E-state index in [9.17, 15) is 4.79 Å². The van der Waals surface area contributed by atoms with E-state index in [1.54, 1.807) is 20.3 Å². The number of carbonyl (C=O) groups excluding carboxylic acids is 1. The molecule has 7 heteroatoms. The Hall–Kier alpha value is -3.19. The number of benzene rings is 2. The molecule has 1 aliphatic rings. The van der Waals surface area contributed by atoms with Crippen molar-refractivity contribution >= 4 is 22.9 Å². The lowest BCUT2D eigenvalue weighted by Crippen LogP contribution is -2.19. The lowest BCUT2D eigenvalue weighted by molar-refractivity contribution is -0.110. The molecular weight excluding hydrogens is 382 g/mol. The van der Waals surface area contributed by atoms with E-state index in [4.69, 9.17) is 14.2 Å². The Morgan fingerprint density at radius 3 is 2.40 bits per heavy atom. The molecule has 0 spiro atoms. The van der Waals surface area contributed by atoms with Crippen molar-refractivity contribution in [2.75, 3.05) is 52.1 Å². The second-order valence-corrected chi connectivity index (χ2v) is 7.40. The molecule has 1 amide bonds. The molecule has 1 unspecified atom stereocenters. The molecule has 2 aromatic carbocycles. The summed E-state index contributed by atoms with van der Waals surface area (Å²) >= 11 is 0. The van der Waals surface area contributed by atoms with E-state index in [2.05, 4.69) is 15.5 Å². The molecule has 1 heterocycles. The summed E-state index contributed by atoms with van der Waals surface area (Å²) < 4.78 is 16.4. The molecule has 1 atom stereocenters. The number of hydrogen-bond acceptors (Lipinski definition) is 6. The SMILES string of the molecule is COc1cc2c(cc1OC)C(=CC(C)Nc1ccc(OCCN(C)C)cc1)C(=O)N2. The molecule has 0 bridgehead atoms. The zero-order chi connectivity index (χ0) is 21.7. The van der Waals surface area contributed by atoms with Crippen LogP contribution in [-0.4, -0.2) is 58.3 Å². The van der Waals surface area contributed by atoms with Crippen molar-refractivity contribution in [1.29, 1.82) is 0 Å². The van der Waals surface area contributed by atoms with Crippen LogP contribution in [0, 0.1) is 0 Å². The number of methoxy groups -OCH3 is 2. The summed E-state index contributed by atoms with van der Waals surface area (Å²) in [4.78, 5) is 14.6. The minimum absolute atomic E-state index is 0.0645.